The van der Waals surface area contributed by atoms with E-state index >= 15 is 0 Å². The lowest BCUT2D eigenvalue weighted by Gasteiger charge is -2.24. The molecule has 0 saturated heterocycles. The average molecular weight is 706 g/mol. The normalized spacial score (nSPS) is 13.5. The number of para-hydroxylation sites is 2. The predicted molar refractivity (Wildman–Crippen MR) is 232 cm³/mol. The summed E-state index contributed by atoms with van der Waals surface area (Å²) in [7, 11) is 0. The Morgan fingerprint density at radius 2 is 1.02 bits per heavy atom. The Labute approximate surface area is 324 Å². The minimum Gasteiger partial charge on any atom is -0.309 e. The lowest BCUT2D eigenvalue weighted by atomic mass is 9.79. The van der Waals surface area contributed by atoms with Gasteiger partial charge in [-0.15, -0.1) is 0 Å². The molecule has 9 aromatic rings. The van der Waals surface area contributed by atoms with E-state index in [1.807, 2.05) is 0 Å². The Kier molecular flexibility index (Phi) is 8.11. The van der Waals surface area contributed by atoms with Gasteiger partial charge in [0.05, 0.1) is 11.0 Å². The van der Waals surface area contributed by atoms with Crippen LogP contribution in [0.1, 0.15) is 54.0 Å². The number of benzene rings is 8. The SMILES string of the molecule is CC1(C)c2ccccc2-c2ccc(C(CCc3ccc(-c4ccc5c(c4)c4ccccc4n5-c4ccccc4)cc3)c3ccc(-c4ccccc4)cc3)cc21. The van der Waals surface area contributed by atoms with E-state index in [0.29, 0.717) is 0 Å². The second-order valence-corrected chi connectivity index (χ2v) is 15.7. The molecule has 0 aliphatic heterocycles. The van der Waals surface area contributed by atoms with Crippen LogP contribution in [0.15, 0.2) is 194 Å². The van der Waals surface area contributed by atoms with Crippen molar-refractivity contribution in [1.29, 1.82) is 0 Å². The van der Waals surface area contributed by atoms with Gasteiger partial charge in [-0.1, -0.05) is 178 Å². The van der Waals surface area contributed by atoms with E-state index in [-0.39, 0.29) is 11.3 Å². The summed E-state index contributed by atoms with van der Waals surface area (Å²) in [6.07, 6.45) is 2.02. The van der Waals surface area contributed by atoms with Gasteiger partial charge >= 0.3 is 0 Å². The van der Waals surface area contributed by atoms with Crippen molar-refractivity contribution in [1.82, 2.24) is 4.57 Å². The first kappa shape index (κ1) is 33.2. The maximum absolute atomic E-state index is 2.51. The molecule has 1 nitrogen and oxygen atoms in total. The van der Waals surface area contributed by atoms with E-state index in [1.54, 1.807) is 0 Å². The monoisotopic (exact) mass is 705 g/mol. The Bertz CT molecular complexity index is 2800. The number of aromatic nitrogens is 1. The van der Waals surface area contributed by atoms with Gasteiger partial charge in [0, 0.05) is 27.8 Å². The van der Waals surface area contributed by atoms with E-state index in [9.17, 15) is 0 Å². The molecule has 0 bridgehead atoms. The van der Waals surface area contributed by atoms with Crippen molar-refractivity contribution in [3.63, 3.8) is 0 Å². The van der Waals surface area contributed by atoms with Crippen LogP contribution in [0.3, 0.4) is 0 Å². The van der Waals surface area contributed by atoms with Gasteiger partial charge in [0.2, 0.25) is 0 Å². The van der Waals surface area contributed by atoms with Crippen LogP contribution in [0, 0.1) is 0 Å². The fraction of sp³-hybridized carbons (Fsp3) is 0.111. The summed E-state index contributed by atoms with van der Waals surface area (Å²) in [5.41, 5.74) is 18.4. The van der Waals surface area contributed by atoms with Crippen molar-refractivity contribution in [3.05, 3.63) is 222 Å². The molecular formula is C54H43N. The van der Waals surface area contributed by atoms with Crippen LogP contribution in [-0.4, -0.2) is 4.57 Å². The Morgan fingerprint density at radius 1 is 0.436 bits per heavy atom. The van der Waals surface area contributed by atoms with E-state index in [4.69, 9.17) is 0 Å². The lowest BCUT2D eigenvalue weighted by molar-refractivity contribution is 0.654. The zero-order chi connectivity index (χ0) is 36.9. The van der Waals surface area contributed by atoms with E-state index in [0.717, 1.165) is 12.8 Å². The third-order valence-corrected chi connectivity index (χ3v) is 12.1. The highest BCUT2D eigenvalue weighted by Gasteiger charge is 2.35. The fourth-order valence-corrected chi connectivity index (χ4v) is 9.19. The zero-order valence-electron chi connectivity index (χ0n) is 31.4. The number of rotatable bonds is 8. The zero-order valence-corrected chi connectivity index (χ0v) is 31.4. The van der Waals surface area contributed by atoms with Crippen molar-refractivity contribution in [2.24, 2.45) is 0 Å². The van der Waals surface area contributed by atoms with Crippen LogP contribution in [0.4, 0.5) is 0 Å². The molecule has 0 radical (unpaired) electrons. The summed E-state index contributed by atoms with van der Waals surface area (Å²) >= 11 is 0. The standard InChI is InChI=1S/C54H43N/c1-54(2)50-19-11-9-17-46(50)47-33-30-43(36-51(47)54)45(41-28-26-39(27-29-41)38-13-5-3-6-14-38)32-23-37-21-24-40(25-22-37)42-31-34-53-49(35-42)48-18-10-12-20-52(48)55(53)44-15-7-4-8-16-44/h3-22,24-31,33-36,45H,23,32H2,1-2H3. The van der Waals surface area contributed by atoms with Gasteiger partial charge in [0.25, 0.3) is 0 Å². The second kappa shape index (κ2) is 13.4. The highest BCUT2D eigenvalue weighted by atomic mass is 15.0. The summed E-state index contributed by atoms with van der Waals surface area (Å²) in [6.45, 7) is 4.76. The summed E-state index contributed by atoms with van der Waals surface area (Å²) in [5, 5.41) is 2.56. The first-order valence-electron chi connectivity index (χ1n) is 19.6. The van der Waals surface area contributed by atoms with Crippen LogP contribution >= 0.6 is 0 Å². The third-order valence-electron chi connectivity index (χ3n) is 12.1. The van der Waals surface area contributed by atoms with Crippen LogP contribution < -0.4 is 0 Å². The van der Waals surface area contributed by atoms with Crippen LogP contribution in [0.25, 0.3) is 60.9 Å². The Morgan fingerprint density at radius 3 is 1.82 bits per heavy atom. The summed E-state index contributed by atoms with van der Waals surface area (Å²) in [6, 6.07) is 71.9. The molecule has 10 rings (SSSR count). The molecule has 0 saturated carbocycles. The molecule has 1 atom stereocenters. The van der Waals surface area contributed by atoms with Crippen LogP contribution in [0.2, 0.25) is 0 Å². The first-order chi connectivity index (χ1) is 27.0. The van der Waals surface area contributed by atoms with Crippen LogP contribution in [0.5, 0.6) is 0 Å². The average Bonchev–Trinajstić information content (AvgIpc) is 3.70. The van der Waals surface area contributed by atoms with Crippen molar-refractivity contribution >= 4 is 21.8 Å². The van der Waals surface area contributed by atoms with Crippen molar-refractivity contribution in [2.75, 3.05) is 0 Å². The number of hydrogen-bond donors (Lipinski definition) is 0. The van der Waals surface area contributed by atoms with Gasteiger partial charge in [-0.2, -0.15) is 0 Å². The molecule has 0 fully saturated rings. The van der Waals surface area contributed by atoms with Gasteiger partial charge in [0.15, 0.2) is 0 Å². The summed E-state index contributed by atoms with van der Waals surface area (Å²) in [5.74, 6) is 0.277. The maximum Gasteiger partial charge on any atom is 0.0541 e. The molecule has 1 heteroatoms. The van der Waals surface area contributed by atoms with Crippen molar-refractivity contribution in [2.45, 2.75) is 38.0 Å². The van der Waals surface area contributed by atoms with Gasteiger partial charge in [-0.25, -0.2) is 0 Å². The number of nitrogens with zero attached hydrogens (tertiary/aromatic N) is 1. The fourth-order valence-electron chi connectivity index (χ4n) is 9.19. The number of fused-ring (bicyclic) bond motifs is 6. The smallest absolute Gasteiger partial charge is 0.0541 e. The van der Waals surface area contributed by atoms with Crippen molar-refractivity contribution in [3.8, 4) is 39.1 Å². The molecule has 0 spiro atoms. The largest absolute Gasteiger partial charge is 0.309 e. The third kappa shape index (κ3) is 5.79. The minimum absolute atomic E-state index is 0.0288. The Hall–Kier alpha value is -6.44. The highest BCUT2D eigenvalue weighted by Crippen LogP contribution is 2.49. The minimum atomic E-state index is -0.0288. The summed E-state index contributed by atoms with van der Waals surface area (Å²) in [4.78, 5) is 0. The topological polar surface area (TPSA) is 4.93 Å². The second-order valence-electron chi connectivity index (χ2n) is 15.7. The Balaban J connectivity index is 0.962. The van der Waals surface area contributed by atoms with Gasteiger partial charge in [0.1, 0.15) is 0 Å². The van der Waals surface area contributed by atoms with Gasteiger partial charge in [-0.05, 0) is 104 Å². The van der Waals surface area contributed by atoms with Crippen molar-refractivity contribution < 1.29 is 0 Å². The molecule has 0 N–H and O–H groups in total. The molecule has 1 aliphatic carbocycles. The molecule has 1 aromatic heterocycles. The highest BCUT2D eigenvalue weighted by molar-refractivity contribution is 6.10. The molecule has 0 amide bonds. The van der Waals surface area contributed by atoms with E-state index in [1.165, 1.54) is 88.7 Å². The molecule has 1 aliphatic rings. The molecule has 264 valence electrons. The molecular weight excluding hydrogens is 663 g/mol. The molecule has 1 heterocycles. The lowest BCUT2D eigenvalue weighted by Crippen LogP contribution is -2.15. The van der Waals surface area contributed by atoms with Gasteiger partial charge < -0.3 is 4.57 Å². The molecule has 8 aromatic carbocycles. The number of aryl methyl sites for hydroxylation is 1. The first-order valence-corrected chi connectivity index (χ1v) is 19.6. The van der Waals surface area contributed by atoms with Gasteiger partial charge in [-0.3, -0.25) is 0 Å². The number of hydrogen-bond acceptors (Lipinski definition) is 0. The quantitative estimate of drug-likeness (QED) is 0.148. The van der Waals surface area contributed by atoms with E-state index < -0.39 is 0 Å². The predicted octanol–water partition coefficient (Wildman–Crippen LogP) is 14.2. The van der Waals surface area contributed by atoms with E-state index in [2.05, 4.69) is 213 Å². The maximum atomic E-state index is 2.51. The molecule has 1 unspecified atom stereocenters. The summed E-state index contributed by atoms with van der Waals surface area (Å²) < 4.78 is 2.38. The van der Waals surface area contributed by atoms with Crippen LogP contribution in [-0.2, 0) is 11.8 Å². The molecule has 55 heavy (non-hydrogen) atoms.